The molecule has 6 nitrogen and oxygen atoms in total. The van der Waals surface area contributed by atoms with E-state index in [4.69, 9.17) is 9.15 Å². The summed E-state index contributed by atoms with van der Waals surface area (Å²) in [4.78, 5) is 18.9. The van der Waals surface area contributed by atoms with Crippen molar-refractivity contribution in [3.8, 4) is 11.3 Å². The molecule has 0 atom stereocenters. The number of ether oxygens (including phenoxy) is 1. The molecular formula is C21H21N3O3. The fraction of sp³-hybridized carbons (Fsp3) is 0.238. The Labute approximate surface area is 157 Å². The minimum Gasteiger partial charge on any atom is -0.439 e. The number of morpholine rings is 1. The Morgan fingerprint density at radius 2 is 1.78 bits per heavy atom. The summed E-state index contributed by atoms with van der Waals surface area (Å²) in [5.74, 6) is 1.02. The van der Waals surface area contributed by atoms with Crippen molar-refractivity contribution in [2.75, 3.05) is 31.2 Å². The van der Waals surface area contributed by atoms with Crippen LogP contribution in [-0.4, -0.2) is 37.2 Å². The van der Waals surface area contributed by atoms with Gasteiger partial charge in [0.2, 0.25) is 5.89 Å². The number of benzene rings is 2. The molecule has 6 heteroatoms. The van der Waals surface area contributed by atoms with Gasteiger partial charge in [-0.2, -0.15) is 0 Å². The first-order valence-corrected chi connectivity index (χ1v) is 9.01. The Kier molecular flexibility index (Phi) is 5.16. The lowest BCUT2D eigenvalue weighted by atomic mass is 10.1. The highest BCUT2D eigenvalue weighted by molar-refractivity contribution is 5.94. The zero-order chi connectivity index (χ0) is 18.5. The maximum atomic E-state index is 12.4. The monoisotopic (exact) mass is 363 g/mol. The number of carbonyl (C=O) groups is 1. The van der Waals surface area contributed by atoms with Gasteiger partial charge in [0.15, 0.2) is 5.76 Å². The summed E-state index contributed by atoms with van der Waals surface area (Å²) in [5, 5.41) is 2.85. The van der Waals surface area contributed by atoms with Crippen molar-refractivity contribution >= 4 is 11.6 Å². The largest absolute Gasteiger partial charge is 0.439 e. The van der Waals surface area contributed by atoms with Gasteiger partial charge < -0.3 is 19.4 Å². The molecular weight excluding hydrogens is 342 g/mol. The van der Waals surface area contributed by atoms with Gasteiger partial charge in [0.1, 0.15) is 0 Å². The molecule has 0 unspecified atom stereocenters. The van der Waals surface area contributed by atoms with Gasteiger partial charge in [-0.15, -0.1) is 0 Å². The number of nitrogens with zero attached hydrogens (tertiary/aromatic N) is 2. The van der Waals surface area contributed by atoms with Crippen molar-refractivity contribution in [2.24, 2.45) is 0 Å². The van der Waals surface area contributed by atoms with Gasteiger partial charge in [0.25, 0.3) is 5.91 Å². The predicted octanol–water partition coefficient (Wildman–Crippen LogP) is 3.11. The molecule has 2 heterocycles. The SMILES string of the molecule is O=C(NCc1ncc(-c2ccccc2)o1)c1ccc(N2CCOCC2)cc1. The van der Waals surface area contributed by atoms with Crippen LogP contribution in [0.15, 0.2) is 65.2 Å². The van der Waals surface area contributed by atoms with Crippen molar-refractivity contribution in [2.45, 2.75) is 6.54 Å². The minimum atomic E-state index is -0.150. The normalized spacial score (nSPS) is 14.1. The standard InChI is InChI=1S/C21H21N3O3/c25-21(17-6-8-18(9-7-17)24-10-12-26-13-11-24)23-15-20-22-14-19(27-20)16-4-2-1-3-5-16/h1-9,14H,10-13,15H2,(H,23,25). The molecule has 1 N–H and O–H groups in total. The number of oxazole rings is 1. The van der Waals surface area contributed by atoms with Crippen molar-refractivity contribution < 1.29 is 13.9 Å². The minimum absolute atomic E-state index is 0.150. The Hall–Kier alpha value is -3.12. The number of amides is 1. The van der Waals surface area contributed by atoms with Gasteiger partial charge in [-0.1, -0.05) is 30.3 Å². The maximum absolute atomic E-state index is 12.4. The summed E-state index contributed by atoms with van der Waals surface area (Å²) in [6.07, 6.45) is 1.67. The first kappa shape index (κ1) is 17.3. The van der Waals surface area contributed by atoms with Gasteiger partial charge in [0, 0.05) is 29.9 Å². The van der Waals surface area contributed by atoms with Gasteiger partial charge in [-0.3, -0.25) is 4.79 Å². The Morgan fingerprint density at radius 1 is 1.04 bits per heavy atom. The van der Waals surface area contributed by atoms with Crippen LogP contribution in [0.1, 0.15) is 16.2 Å². The molecule has 1 aliphatic rings. The van der Waals surface area contributed by atoms with Crippen LogP contribution in [0.5, 0.6) is 0 Å². The van der Waals surface area contributed by atoms with Crippen molar-refractivity contribution in [3.05, 3.63) is 72.2 Å². The van der Waals surface area contributed by atoms with Crippen LogP contribution in [0, 0.1) is 0 Å². The van der Waals surface area contributed by atoms with Crippen molar-refractivity contribution in [1.29, 1.82) is 0 Å². The summed E-state index contributed by atoms with van der Waals surface area (Å²) < 4.78 is 11.1. The first-order chi connectivity index (χ1) is 13.3. The van der Waals surface area contributed by atoms with E-state index in [1.807, 2.05) is 54.6 Å². The van der Waals surface area contributed by atoms with E-state index in [0.29, 0.717) is 17.2 Å². The number of anilines is 1. The van der Waals surface area contributed by atoms with Gasteiger partial charge >= 0.3 is 0 Å². The van der Waals surface area contributed by atoms with E-state index in [2.05, 4.69) is 15.2 Å². The molecule has 3 aromatic rings. The summed E-state index contributed by atoms with van der Waals surface area (Å²) in [6, 6.07) is 17.4. The quantitative estimate of drug-likeness (QED) is 0.754. The molecule has 2 aromatic carbocycles. The molecule has 0 radical (unpaired) electrons. The second-order valence-corrected chi connectivity index (χ2v) is 6.31. The van der Waals surface area contributed by atoms with Crippen LogP contribution < -0.4 is 10.2 Å². The Bertz CT molecular complexity index is 885. The summed E-state index contributed by atoms with van der Waals surface area (Å²) in [5.41, 5.74) is 2.68. The molecule has 0 aliphatic carbocycles. The number of hydrogen-bond acceptors (Lipinski definition) is 5. The molecule has 1 fully saturated rings. The molecule has 1 amide bonds. The summed E-state index contributed by atoms with van der Waals surface area (Å²) in [7, 11) is 0. The van der Waals surface area contributed by atoms with Crippen LogP contribution in [0.4, 0.5) is 5.69 Å². The van der Waals surface area contributed by atoms with E-state index in [1.54, 1.807) is 6.20 Å². The number of hydrogen-bond donors (Lipinski definition) is 1. The lowest BCUT2D eigenvalue weighted by Gasteiger charge is -2.28. The van der Waals surface area contributed by atoms with Crippen LogP contribution in [-0.2, 0) is 11.3 Å². The van der Waals surface area contributed by atoms with Crippen molar-refractivity contribution in [1.82, 2.24) is 10.3 Å². The second kappa shape index (κ2) is 8.05. The van der Waals surface area contributed by atoms with Crippen LogP contribution in [0.3, 0.4) is 0 Å². The highest BCUT2D eigenvalue weighted by atomic mass is 16.5. The van der Waals surface area contributed by atoms with E-state index >= 15 is 0 Å². The van der Waals surface area contributed by atoms with Gasteiger partial charge in [0.05, 0.1) is 26.0 Å². The smallest absolute Gasteiger partial charge is 0.251 e. The zero-order valence-corrected chi connectivity index (χ0v) is 14.9. The van der Waals surface area contributed by atoms with E-state index in [-0.39, 0.29) is 12.5 Å². The van der Waals surface area contributed by atoms with Gasteiger partial charge in [-0.05, 0) is 24.3 Å². The fourth-order valence-corrected chi connectivity index (χ4v) is 3.03. The number of carbonyl (C=O) groups excluding carboxylic acids is 1. The lowest BCUT2D eigenvalue weighted by Crippen LogP contribution is -2.36. The number of nitrogens with one attached hydrogen (secondary N) is 1. The molecule has 138 valence electrons. The molecule has 0 bridgehead atoms. The number of aromatic nitrogens is 1. The molecule has 1 saturated heterocycles. The summed E-state index contributed by atoms with van der Waals surface area (Å²) >= 11 is 0. The first-order valence-electron chi connectivity index (χ1n) is 9.01. The van der Waals surface area contributed by atoms with Crippen molar-refractivity contribution in [3.63, 3.8) is 0 Å². The average molecular weight is 363 g/mol. The van der Waals surface area contributed by atoms with Crippen LogP contribution >= 0.6 is 0 Å². The second-order valence-electron chi connectivity index (χ2n) is 6.31. The molecule has 27 heavy (non-hydrogen) atoms. The van der Waals surface area contributed by atoms with Crippen LogP contribution in [0.25, 0.3) is 11.3 Å². The number of rotatable bonds is 5. The molecule has 0 spiro atoms. The van der Waals surface area contributed by atoms with E-state index in [1.165, 1.54) is 0 Å². The van der Waals surface area contributed by atoms with Gasteiger partial charge in [-0.25, -0.2) is 4.98 Å². The third-order valence-corrected chi connectivity index (χ3v) is 4.52. The molecule has 1 aliphatic heterocycles. The van der Waals surface area contributed by atoms with Crippen LogP contribution in [0.2, 0.25) is 0 Å². The van der Waals surface area contributed by atoms with E-state index < -0.39 is 0 Å². The van der Waals surface area contributed by atoms with E-state index in [9.17, 15) is 4.79 Å². The topological polar surface area (TPSA) is 67.6 Å². The average Bonchev–Trinajstić information content (AvgIpc) is 3.22. The Balaban J connectivity index is 1.35. The molecule has 4 rings (SSSR count). The third kappa shape index (κ3) is 4.17. The Morgan fingerprint density at radius 3 is 2.52 bits per heavy atom. The predicted molar refractivity (Wildman–Crippen MR) is 103 cm³/mol. The highest BCUT2D eigenvalue weighted by Crippen LogP contribution is 2.20. The third-order valence-electron chi connectivity index (χ3n) is 4.52. The maximum Gasteiger partial charge on any atom is 0.251 e. The summed E-state index contributed by atoms with van der Waals surface area (Å²) in [6.45, 7) is 3.47. The van der Waals surface area contributed by atoms with E-state index in [0.717, 1.165) is 37.6 Å². The fourth-order valence-electron chi connectivity index (χ4n) is 3.03. The zero-order valence-electron chi connectivity index (χ0n) is 14.9. The lowest BCUT2D eigenvalue weighted by molar-refractivity contribution is 0.0947. The highest BCUT2D eigenvalue weighted by Gasteiger charge is 2.13. The molecule has 1 aromatic heterocycles. The molecule has 0 saturated carbocycles.